The molecule has 0 aliphatic carbocycles. The number of hydrazine groups is 1. The van der Waals surface area contributed by atoms with Crippen LogP contribution in [-0.2, 0) is 0 Å². The maximum atomic E-state index is 13.5. The van der Waals surface area contributed by atoms with Gasteiger partial charge >= 0.3 is 0 Å². The van der Waals surface area contributed by atoms with E-state index in [4.69, 9.17) is 16.1 Å². The van der Waals surface area contributed by atoms with Crippen LogP contribution in [-0.4, -0.2) is 27.2 Å². The lowest BCUT2D eigenvalue weighted by Gasteiger charge is -2.11. The van der Waals surface area contributed by atoms with E-state index in [1.165, 1.54) is 12.1 Å². The van der Waals surface area contributed by atoms with Gasteiger partial charge in [-0.05, 0) is 67.1 Å². The van der Waals surface area contributed by atoms with E-state index < -0.39 is 0 Å². The van der Waals surface area contributed by atoms with Gasteiger partial charge in [0.2, 0.25) is 0 Å². The summed E-state index contributed by atoms with van der Waals surface area (Å²) < 4.78 is 19.4. The summed E-state index contributed by atoms with van der Waals surface area (Å²) in [5.74, 6) is 3.90. The van der Waals surface area contributed by atoms with Crippen LogP contribution in [0.25, 0.3) is 33.9 Å². The Kier molecular flexibility index (Phi) is 6.09. The molecule has 0 amide bonds. The van der Waals surface area contributed by atoms with Gasteiger partial charge in [0.1, 0.15) is 17.4 Å². The number of benzene rings is 2. The average Bonchev–Trinajstić information content (AvgIpc) is 3.51. The Morgan fingerprint density at radius 3 is 2.26 bits per heavy atom. The van der Waals surface area contributed by atoms with Crippen molar-refractivity contribution >= 4 is 0 Å². The van der Waals surface area contributed by atoms with Gasteiger partial charge in [-0.15, -0.1) is 12.3 Å². The van der Waals surface area contributed by atoms with Gasteiger partial charge in [-0.3, -0.25) is 4.98 Å². The highest BCUT2D eigenvalue weighted by atomic mass is 19.1. The summed E-state index contributed by atoms with van der Waals surface area (Å²) in [6, 6.07) is 18.0. The molecule has 0 unspecified atom stereocenters. The number of aromatic amines is 1. The highest BCUT2D eigenvalue weighted by molar-refractivity contribution is 5.81. The van der Waals surface area contributed by atoms with Gasteiger partial charge in [0.25, 0.3) is 0 Å². The van der Waals surface area contributed by atoms with Gasteiger partial charge in [0.15, 0.2) is 0 Å². The second-order valence-electron chi connectivity index (χ2n) is 8.21. The van der Waals surface area contributed by atoms with Gasteiger partial charge in [-0.25, -0.2) is 20.2 Å². The summed E-state index contributed by atoms with van der Waals surface area (Å²) in [5.41, 5.74) is 10.6. The number of nitrogens with one attached hydrogen (secondary N) is 3. The van der Waals surface area contributed by atoms with Crippen molar-refractivity contribution in [1.82, 2.24) is 25.8 Å². The summed E-state index contributed by atoms with van der Waals surface area (Å²) in [6.07, 6.45) is 11.3. The van der Waals surface area contributed by atoms with Crippen LogP contribution in [0, 0.1) is 18.2 Å². The summed E-state index contributed by atoms with van der Waals surface area (Å²) in [7, 11) is 0. The molecule has 1 fully saturated rings. The van der Waals surface area contributed by atoms with Crippen molar-refractivity contribution in [2.75, 3.05) is 6.61 Å². The molecule has 0 spiro atoms. The number of hydrogen-bond donors (Lipinski definition) is 3. The number of nitrogens with zero attached hydrogens (tertiary/aromatic N) is 2. The van der Waals surface area contributed by atoms with Crippen molar-refractivity contribution < 1.29 is 9.13 Å². The van der Waals surface area contributed by atoms with Gasteiger partial charge in [-0.2, -0.15) is 0 Å². The number of aromatic nitrogens is 3. The second-order valence-corrected chi connectivity index (χ2v) is 8.21. The third-order valence-electron chi connectivity index (χ3n) is 5.89. The normalized spacial score (nSPS) is 13.9. The topological polar surface area (TPSA) is 94.7 Å². The summed E-state index contributed by atoms with van der Waals surface area (Å²) in [4.78, 5) is 12.4. The Labute approximate surface area is 197 Å². The first-order valence-corrected chi connectivity index (χ1v) is 11.1. The van der Waals surface area contributed by atoms with Crippen molar-refractivity contribution in [2.24, 2.45) is 0 Å². The summed E-state index contributed by atoms with van der Waals surface area (Å²) in [5, 5.41) is 0. The van der Waals surface area contributed by atoms with Crippen LogP contribution in [0.4, 0.5) is 4.39 Å². The van der Waals surface area contributed by atoms with Crippen LogP contribution in [0.5, 0.6) is 5.75 Å². The van der Waals surface area contributed by atoms with Crippen molar-refractivity contribution in [3.05, 3.63) is 78.9 Å². The number of halogens is 1. The molecule has 1 saturated heterocycles. The fourth-order valence-electron chi connectivity index (χ4n) is 3.86. The number of H-pyrrole nitrogens is 1. The first-order valence-electron chi connectivity index (χ1n) is 11.1. The molecule has 6 nitrogen and oxygen atoms in total. The van der Waals surface area contributed by atoms with Crippen molar-refractivity contribution in [2.45, 2.75) is 24.9 Å². The Morgan fingerprint density at radius 1 is 0.882 bits per heavy atom. The highest BCUT2D eigenvalue weighted by Crippen LogP contribution is 2.33. The van der Waals surface area contributed by atoms with Crippen LogP contribution < -0.4 is 15.6 Å². The fraction of sp³-hybridized carbons (Fsp3) is 0.185. The molecule has 0 radical (unpaired) electrons. The lowest BCUT2D eigenvalue weighted by Crippen LogP contribution is -2.21. The fourth-order valence-corrected chi connectivity index (χ4v) is 3.86. The summed E-state index contributed by atoms with van der Waals surface area (Å²) >= 11 is 0. The zero-order chi connectivity index (χ0) is 23.4. The van der Waals surface area contributed by atoms with E-state index in [0.29, 0.717) is 6.61 Å². The number of rotatable bonds is 9. The number of terminal acetylenes is 1. The lowest BCUT2D eigenvalue weighted by molar-refractivity contribution is 0.284. The molecule has 3 heterocycles. The molecule has 7 heteroatoms. The maximum absolute atomic E-state index is 13.5. The Hall–Kier alpha value is -3.99. The minimum atomic E-state index is -0.282. The SMILES string of the molecule is C#CCCC1(CCOc2ccc(-c3nc(-c4ccc(F)cc4)c(-c4ccncc4)[nH]3)cc2)NN1. The Balaban J connectivity index is 1.34. The molecule has 3 N–H and O–H groups in total. The van der Waals surface area contributed by atoms with E-state index in [9.17, 15) is 4.39 Å². The number of ether oxygens (including phenoxy) is 1. The van der Waals surface area contributed by atoms with Gasteiger partial charge in [0, 0.05) is 41.9 Å². The monoisotopic (exact) mass is 453 g/mol. The predicted molar refractivity (Wildman–Crippen MR) is 130 cm³/mol. The molecule has 2 aromatic carbocycles. The first kappa shape index (κ1) is 21.8. The predicted octanol–water partition coefficient (Wildman–Crippen LogP) is 4.93. The molecule has 0 saturated carbocycles. The van der Waals surface area contributed by atoms with Crippen LogP contribution >= 0.6 is 0 Å². The van der Waals surface area contributed by atoms with E-state index in [1.54, 1.807) is 24.5 Å². The van der Waals surface area contributed by atoms with E-state index in [1.807, 2.05) is 36.4 Å². The zero-order valence-corrected chi connectivity index (χ0v) is 18.5. The van der Waals surface area contributed by atoms with Crippen LogP contribution in [0.2, 0.25) is 0 Å². The molecule has 0 atom stereocenters. The molecule has 1 aliphatic heterocycles. The van der Waals surface area contributed by atoms with Crippen molar-refractivity contribution in [3.8, 4) is 52.0 Å². The lowest BCUT2D eigenvalue weighted by atomic mass is 10.1. The number of pyridine rings is 1. The molecule has 4 aromatic rings. The average molecular weight is 454 g/mol. The maximum Gasteiger partial charge on any atom is 0.138 e. The van der Waals surface area contributed by atoms with E-state index >= 15 is 0 Å². The van der Waals surface area contributed by atoms with Crippen molar-refractivity contribution in [1.29, 1.82) is 0 Å². The number of imidazole rings is 1. The third kappa shape index (κ3) is 4.84. The van der Waals surface area contributed by atoms with Gasteiger partial charge in [-0.1, -0.05) is 0 Å². The zero-order valence-electron chi connectivity index (χ0n) is 18.5. The first-order chi connectivity index (χ1) is 16.7. The third-order valence-corrected chi connectivity index (χ3v) is 5.89. The molecule has 2 aromatic heterocycles. The second kappa shape index (κ2) is 9.48. The molecule has 34 heavy (non-hydrogen) atoms. The minimum absolute atomic E-state index is 0.0966. The minimum Gasteiger partial charge on any atom is -0.493 e. The van der Waals surface area contributed by atoms with Crippen LogP contribution in [0.1, 0.15) is 19.3 Å². The Morgan fingerprint density at radius 2 is 1.59 bits per heavy atom. The van der Waals surface area contributed by atoms with Gasteiger partial charge < -0.3 is 9.72 Å². The molecular formula is C27H24FN5O. The largest absolute Gasteiger partial charge is 0.493 e. The Bertz CT molecular complexity index is 1290. The smallest absolute Gasteiger partial charge is 0.138 e. The van der Waals surface area contributed by atoms with E-state index in [2.05, 4.69) is 26.7 Å². The molecule has 5 rings (SSSR count). The van der Waals surface area contributed by atoms with E-state index in [0.717, 1.165) is 58.9 Å². The standard InChI is InChI=1S/C27H24FN5O/c1-2-3-14-27(32-33-27)15-18-34-23-10-6-21(7-11-23)26-30-24(19-4-8-22(28)9-5-19)25(31-26)20-12-16-29-17-13-20/h1,4-13,16-17,32-33H,3,14-15,18H2,(H,30,31). The molecule has 0 bridgehead atoms. The molecule has 1 aliphatic rings. The van der Waals surface area contributed by atoms with Crippen LogP contribution in [0.15, 0.2) is 73.1 Å². The quantitative estimate of drug-likeness (QED) is 0.247. The van der Waals surface area contributed by atoms with Crippen LogP contribution in [0.3, 0.4) is 0 Å². The number of hydrogen-bond acceptors (Lipinski definition) is 5. The van der Waals surface area contributed by atoms with Gasteiger partial charge in [0.05, 0.1) is 23.7 Å². The van der Waals surface area contributed by atoms with Crippen molar-refractivity contribution in [3.63, 3.8) is 0 Å². The van der Waals surface area contributed by atoms with E-state index in [-0.39, 0.29) is 11.5 Å². The summed E-state index contributed by atoms with van der Waals surface area (Å²) in [6.45, 7) is 0.575. The molecular weight excluding hydrogens is 429 g/mol. The highest BCUT2D eigenvalue weighted by Gasteiger charge is 2.40. The molecule has 170 valence electrons.